The number of nitriles is 1. The lowest BCUT2D eigenvalue weighted by Gasteiger charge is -2.17. The summed E-state index contributed by atoms with van der Waals surface area (Å²) in [4.78, 5) is 15.7. The molecule has 1 heterocycles. The molecule has 0 bridgehead atoms. The zero-order valence-corrected chi connectivity index (χ0v) is 8.88. The second-order valence-corrected chi connectivity index (χ2v) is 3.19. The number of esters is 1. The Morgan fingerprint density at radius 3 is 2.62 bits per heavy atom. The van der Waals surface area contributed by atoms with E-state index in [1.54, 1.807) is 11.0 Å². The molecule has 7 nitrogen and oxygen atoms in total. The van der Waals surface area contributed by atoms with E-state index in [-0.39, 0.29) is 11.4 Å². The summed E-state index contributed by atoms with van der Waals surface area (Å²) in [5, 5.41) is 12.3. The van der Waals surface area contributed by atoms with Gasteiger partial charge in [0.25, 0.3) is 0 Å². The standard InChI is InChI=1S/C9H11N5O2/c1-16-9(15)7(6-10)8(12-13-11)14-4-2-3-5-14/h2-5H2,1H3/b8-7+. The summed E-state index contributed by atoms with van der Waals surface area (Å²) in [5.41, 5.74) is 8.18. The average Bonchev–Trinajstić information content (AvgIpc) is 2.81. The number of ether oxygens (including phenoxy) is 1. The fourth-order valence-electron chi connectivity index (χ4n) is 1.53. The molecule has 16 heavy (non-hydrogen) atoms. The van der Waals surface area contributed by atoms with Gasteiger partial charge in [-0.15, -0.1) is 0 Å². The predicted octanol–water partition coefficient (Wildman–Crippen LogP) is 1.30. The summed E-state index contributed by atoms with van der Waals surface area (Å²) in [5.74, 6) is -0.717. The first-order valence-corrected chi connectivity index (χ1v) is 4.77. The minimum absolute atomic E-state index is 0.0642. The number of azide groups is 1. The van der Waals surface area contributed by atoms with Gasteiger partial charge >= 0.3 is 5.97 Å². The van der Waals surface area contributed by atoms with Crippen LogP contribution in [0.3, 0.4) is 0 Å². The van der Waals surface area contributed by atoms with Crippen molar-refractivity contribution in [2.24, 2.45) is 5.11 Å². The number of likely N-dealkylation sites (tertiary alicyclic amines) is 1. The maximum atomic E-state index is 11.3. The predicted molar refractivity (Wildman–Crippen MR) is 54.6 cm³/mol. The summed E-state index contributed by atoms with van der Waals surface area (Å²) in [7, 11) is 1.18. The van der Waals surface area contributed by atoms with Crippen molar-refractivity contribution in [3.05, 3.63) is 21.8 Å². The zero-order chi connectivity index (χ0) is 12.0. The molecule has 0 aromatic heterocycles. The van der Waals surface area contributed by atoms with Gasteiger partial charge in [0.05, 0.1) is 7.11 Å². The van der Waals surface area contributed by atoms with Gasteiger partial charge in [-0.1, -0.05) is 0 Å². The Morgan fingerprint density at radius 2 is 2.19 bits per heavy atom. The van der Waals surface area contributed by atoms with Gasteiger partial charge in [-0.05, 0) is 23.5 Å². The summed E-state index contributed by atoms with van der Waals surface area (Å²) in [6.45, 7) is 1.35. The van der Waals surface area contributed by atoms with Crippen LogP contribution >= 0.6 is 0 Å². The van der Waals surface area contributed by atoms with Crippen LogP contribution < -0.4 is 0 Å². The minimum atomic E-state index is -0.781. The summed E-state index contributed by atoms with van der Waals surface area (Å²) in [6, 6.07) is 1.71. The number of rotatable bonds is 3. The van der Waals surface area contributed by atoms with Crippen molar-refractivity contribution in [3.63, 3.8) is 0 Å². The molecular weight excluding hydrogens is 210 g/mol. The molecule has 84 valence electrons. The third-order valence-corrected chi connectivity index (χ3v) is 2.27. The van der Waals surface area contributed by atoms with Crippen LogP contribution in [0, 0.1) is 11.3 Å². The highest BCUT2D eigenvalue weighted by Gasteiger charge is 2.22. The van der Waals surface area contributed by atoms with Crippen molar-refractivity contribution in [3.8, 4) is 6.07 Å². The molecule has 0 N–H and O–H groups in total. The summed E-state index contributed by atoms with van der Waals surface area (Å²) in [6.07, 6.45) is 1.90. The highest BCUT2D eigenvalue weighted by Crippen LogP contribution is 2.19. The second kappa shape index (κ2) is 5.63. The molecule has 0 amide bonds. The lowest BCUT2D eigenvalue weighted by atomic mass is 10.3. The molecular formula is C9H11N5O2. The smallest absolute Gasteiger partial charge is 0.350 e. The van der Waals surface area contributed by atoms with E-state index in [0.717, 1.165) is 12.8 Å². The lowest BCUT2D eigenvalue weighted by Crippen LogP contribution is -2.21. The van der Waals surface area contributed by atoms with Gasteiger partial charge in [-0.25, -0.2) is 4.79 Å². The molecule has 1 aliphatic rings. The number of carbonyl (C=O) groups is 1. The maximum absolute atomic E-state index is 11.3. The first-order valence-electron chi connectivity index (χ1n) is 4.77. The Bertz CT molecular complexity index is 397. The Labute approximate surface area is 92.5 Å². The number of methoxy groups -OCH3 is 1. The fraction of sp³-hybridized carbons (Fsp3) is 0.556. The van der Waals surface area contributed by atoms with Crippen molar-refractivity contribution < 1.29 is 9.53 Å². The van der Waals surface area contributed by atoms with Crippen molar-refractivity contribution in [1.82, 2.24) is 4.90 Å². The van der Waals surface area contributed by atoms with Gasteiger partial charge in [0.1, 0.15) is 11.9 Å². The van der Waals surface area contributed by atoms with Crippen LogP contribution in [-0.4, -0.2) is 31.1 Å². The molecule has 0 saturated carbocycles. The first kappa shape index (κ1) is 11.9. The molecule has 0 aliphatic carbocycles. The molecule has 0 radical (unpaired) electrons. The van der Waals surface area contributed by atoms with Crippen LogP contribution in [0.2, 0.25) is 0 Å². The summed E-state index contributed by atoms with van der Waals surface area (Å²) >= 11 is 0. The topological polar surface area (TPSA) is 102 Å². The number of hydrogen-bond donors (Lipinski definition) is 0. The van der Waals surface area contributed by atoms with Gasteiger partial charge in [0.2, 0.25) is 0 Å². The van der Waals surface area contributed by atoms with Gasteiger partial charge < -0.3 is 9.64 Å². The zero-order valence-electron chi connectivity index (χ0n) is 8.88. The van der Waals surface area contributed by atoms with Crippen molar-refractivity contribution in [2.75, 3.05) is 20.2 Å². The van der Waals surface area contributed by atoms with Gasteiger partial charge in [-0.2, -0.15) is 5.26 Å². The lowest BCUT2D eigenvalue weighted by molar-refractivity contribution is -0.135. The number of carbonyl (C=O) groups excluding carboxylic acids is 1. The molecule has 0 spiro atoms. The van der Waals surface area contributed by atoms with Crippen molar-refractivity contribution in [2.45, 2.75) is 12.8 Å². The minimum Gasteiger partial charge on any atom is -0.465 e. The normalized spacial score (nSPS) is 15.9. The van der Waals surface area contributed by atoms with Crippen LogP contribution in [0.1, 0.15) is 12.8 Å². The largest absolute Gasteiger partial charge is 0.465 e. The highest BCUT2D eigenvalue weighted by molar-refractivity contribution is 5.93. The third kappa shape index (κ3) is 2.43. The molecule has 1 rings (SSSR count). The fourth-order valence-corrected chi connectivity index (χ4v) is 1.53. The quantitative estimate of drug-likeness (QED) is 0.179. The van der Waals surface area contributed by atoms with Crippen LogP contribution in [0.5, 0.6) is 0 Å². The maximum Gasteiger partial charge on any atom is 0.350 e. The molecule has 1 aliphatic heterocycles. The molecule has 7 heteroatoms. The average molecular weight is 221 g/mol. The Balaban J connectivity index is 3.14. The first-order chi connectivity index (χ1) is 7.74. The van der Waals surface area contributed by atoms with Crippen molar-refractivity contribution in [1.29, 1.82) is 5.26 Å². The molecule has 0 aromatic rings. The highest BCUT2D eigenvalue weighted by atomic mass is 16.5. The Hall–Kier alpha value is -2.19. The number of hydrogen-bond acceptors (Lipinski definition) is 5. The van der Waals surface area contributed by atoms with Crippen LogP contribution in [0.15, 0.2) is 16.5 Å². The van der Waals surface area contributed by atoms with Crippen LogP contribution in [-0.2, 0) is 9.53 Å². The number of nitrogens with zero attached hydrogens (tertiary/aromatic N) is 5. The third-order valence-electron chi connectivity index (χ3n) is 2.27. The molecule has 1 saturated heterocycles. The molecule has 0 aromatic carbocycles. The van der Waals surface area contributed by atoms with E-state index in [0.29, 0.717) is 13.1 Å². The van der Waals surface area contributed by atoms with Crippen LogP contribution in [0.4, 0.5) is 0 Å². The van der Waals surface area contributed by atoms with E-state index in [1.165, 1.54) is 7.11 Å². The van der Waals surface area contributed by atoms with E-state index in [2.05, 4.69) is 14.8 Å². The van der Waals surface area contributed by atoms with E-state index in [1.807, 2.05) is 0 Å². The molecule has 0 atom stereocenters. The van der Waals surface area contributed by atoms with Gasteiger partial charge in [-0.3, -0.25) is 0 Å². The van der Waals surface area contributed by atoms with Crippen LogP contribution in [0.25, 0.3) is 10.4 Å². The Morgan fingerprint density at radius 1 is 1.56 bits per heavy atom. The van der Waals surface area contributed by atoms with E-state index >= 15 is 0 Å². The van der Waals surface area contributed by atoms with E-state index in [4.69, 9.17) is 10.8 Å². The Kier molecular flexibility index (Phi) is 4.18. The second-order valence-electron chi connectivity index (χ2n) is 3.19. The summed E-state index contributed by atoms with van der Waals surface area (Å²) < 4.78 is 4.46. The molecule has 0 unspecified atom stereocenters. The van der Waals surface area contributed by atoms with E-state index < -0.39 is 5.97 Å². The van der Waals surface area contributed by atoms with E-state index in [9.17, 15) is 4.79 Å². The monoisotopic (exact) mass is 221 g/mol. The molecule has 1 fully saturated rings. The van der Waals surface area contributed by atoms with Crippen molar-refractivity contribution >= 4 is 5.97 Å². The van der Waals surface area contributed by atoms with Gasteiger partial charge in [0, 0.05) is 18.0 Å². The SMILES string of the molecule is COC(=O)/C(C#N)=C(\N=[N+]=[N-])N1CCCC1. The van der Waals surface area contributed by atoms with Gasteiger partial charge in [0.15, 0.2) is 5.57 Å².